The van der Waals surface area contributed by atoms with E-state index in [1.807, 2.05) is 25.1 Å². The first-order valence-corrected chi connectivity index (χ1v) is 5.90. The van der Waals surface area contributed by atoms with Gasteiger partial charge in [0.15, 0.2) is 0 Å². The van der Waals surface area contributed by atoms with Crippen molar-refractivity contribution >= 4 is 40.2 Å². The number of rotatable bonds is 3. The zero-order valence-electron chi connectivity index (χ0n) is 8.33. The lowest BCUT2D eigenvalue weighted by Crippen LogP contribution is -2.37. The van der Waals surface area contributed by atoms with Crippen molar-refractivity contribution in [2.24, 2.45) is 5.73 Å². The fourth-order valence-electron chi connectivity index (χ4n) is 1.08. The molecule has 0 saturated heterocycles. The Labute approximate surface area is 103 Å². The molecule has 1 aromatic rings. The number of halogens is 1. The topological polar surface area (TPSA) is 55.1 Å². The molecule has 82 valence electrons. The predicted molar refractivity (Wildman–Crippen MR) is 69.3 cm³/mol. The molecule has 1 rings (SSSR count). The summed E-state index contributed by atoms with van der Waals surface area (Å²) in [5.41, 5.74) is 7.31. The molecule has 3 nitrogen and oxygen atoms in total. The molecule has 1 atom stereocenters. The van der Waals surface area contributed by atoms with Gasteiger partial charge in [-0.1, -0.05) is 15.9 Å². The fraction of sp³-hybridized carbons (Fsp3) is 0.300. The summed E-state index contributed by atoms with van der Waals surface area (Å²) in [7, 11) is 0. The predicted octanol–water partition coefficient (Wildman–Crippen LogP) is 1.95. The van der Waals surface area contributed by atoms with Crippen LogP contribution in [-0.4, -0.2) is 17.7 Å². The van der Waals surface area contributed by atoms with Crippen LogP contribution in [0.2, 0.25) is 0 Å². The Kier molecular flexibility index (Phi) is 4.63. The second-order valence-corrected chi connectivity index (χ2v) is 4.52. The Morgan fingerprint density at radius 2 is 2.33 bits per heavy atom. The third kappa shape index (κ3) is 3.52. The maximum absolute atomic E-state index is 11.5. The zero-order chi connectivity index (χ0) is 11.4. The second kappa shape index (κ2) is 5.53. The number of hydrogen-bond donors (Lipinski definition) is 3. The summed E-state index contributed by atoms with van der Waals surface area (Å²) in [5, 5.41) is 2.75. The monoisotopic (exact) mass is 288 g/mol. The van der Waals surface area contributed by atoms with Gasteiger partial charge in [-0.05, 0) is 30.7 Å². The van der Waals surface area contributed by atoms with Gasteiger partial charge in [0.25, 0.3) is 0 Å². The van der Waals surface area contributed by atoms with E-state index in [4.69, 9.17) is 5.73 Å². The molecule has 0 aliphatic heterocycles. The van der Waals surface area contributed by atoms with Crippen molar-refractivity contribution in [1.29, 1.82) is 0 Å². The minimum absolute atomic E-state index is 0.213. The molecule has 0 aromatic heterocycles. The first-order valence-electron chi connectivity index (χ1n) is 4.48. The van der Waals surface area contributed by atoms with Gasteiger partial charge in [0.05, 0.1) is 6.04 Å². The minimum Gasteiger partial charge on any atom is -0.324 e. The molecule has 0 aliphatic carbocycles. The third-order valence-corrected chi connectivity index (χ3v) is 2.87. The number of amides is 1. The van der Waals surface area contributed by atoms with Crippen molar-refractivity contribution in [3.05, 3.63) is 28.2 Å². The summed E-state index contributed by atoms with van der Waals surface area (Å²) >= 11 is 7.33. The molecule has 0 bridgehead atoms. The molecule has 0 aliphatic rings. The molecule has 1 unspecified atom stereocenters. The van der Waals surface area contributed by atoms with Crippen molar-refractivity contribution in [1.82, 2.24) is 0 Å². The number of hydrogen-bond acceptors (Lipinski definition) is 3. The Bertz CT molecular complexity index is 370. The summed E-state index contributed by atoms with van der Waals surface area (Å²) in [6.45, 7) is 1.92. The lowest BCUT2D eigenvalue weighted by Gasteiger charge is -2.11. The highest BCUT2D eigenvalue weighted by Crippen LogP contribution is 2.19. The Morgan fingerprint density at radius 3 is 2.87 bits per heavy atom. The largest absolute Gasteiger partial charge is 0.324 e. The normalized spacial score (nSPS) is 12.3. The van der Waals surface area contributed by atoms with Crippen LogP contribution in [0.25, 0.3) is 0 Å². The van der Waals surface area contributed by atoms with E-state index >= 15 is 0 Å². The highest BCUT2D eigenvalue weighted by atomic mass is 79.9. The Hall–Kier alpha value is -0.520. The lowest BCUT2D eigenvalue weighted by molar-refractivity contribution is -0.116. The molecule has 1 amide bonds. The molecule has 0 heterocycles. The average molecular weight is 289 g/mol. The molecule has 0 spiro atoms. The quantitative estimate of drug-likeness (QED) is 0.745. The van der Waals surface area contributed by atoms with E-state index in [1.54, 1.807) is 0 Å². The lowest BCUT2D eigenvalue weighted by atomic mass is 10.2. The highest BCUT2D eigenvalue weighted by molar-refractivity contribution is 9.10. The van der Waals surface area contributed by atoms with Gasteiger partial charge < -0.3 is 11.1 Å². The van der Waals surface area contributed by atoms with Gasteiger partial charge in [-0.2, -0.15) is 12.6 Å². The van der Waals surface area contributed by atoms with E-state index < -0.39 is 6.04 Å². The summed E-state index contributed by atoms with van der Waals surface area (Å²) in [6.07, 6.45) is 0. The molecule has 0 saturated carbocycles. The molecular weight excluding hydrogens is 276 g/mol. The summed E-state index contributed by atoms with van der Waals surface area (Å²) in [5.74, 6) is 0.122. The van der Waals surface area contributed by atoms with Crippen LogP contribution in [0.5, 0.6) is 0 Å². The van der Waals surface area contributed by atoms with Gasteiger partial charge in [-0.3, -0.25) is 4.79 Å². The SMILES string of the molecule is Cc1cc(Br)ccc1NC(=O)C(N)CS. The van der Waals surface area contributed by atoms with Crippen molar-refractivity contribution in [2.75, 3.05) is 11.1 Å². The minimum atomic E-state index is -0.573. The maximum Gasteiger partial charge on any atom is 0.242 e. The fourth-order valence-corrected chi connectivity index (χ4v) is 1.72. The number of anilines is 1. The van der Waals surface area contributed by atoms with Crippen LogP contribution in [0.4, 0.5) is 5.69 Å². The highest BCUT2D eigenvalue weighted by Gasteiger charge is 2.12. The standard InChI is InChI=1S/C10H13BrN2OS/c1-6-4-7(11)2-3-9(6)13-10(14)8(12)5-15/h2-4,8,15H,5,12H2,1H3,(H,13,14). The van der Waals surface area contributed by atoms with Crippen LogP contribution < -0.4 is 11.1 Å². The number of thiol groups is 1. The first-order chi connectivity index (χ1) is 7.04. The smallest absolute Gasteiger partial charge is 0.242 e. The van der Waals surface area contributed by atoms with Crippen molar-refractivity contribution < 1.29 is 4.79 Å². The average Bonchev–Trinajstić information content (AvgIpc) is 2.20. The van der Waals surface area contributed by atoms with Crippen molar-refractivity contribution in [3.8, 4) is 0 Å². The number of carbonyl (C=O) groups is 1. The summed E-state index contributed by atoms with van der Waals surface area (Å²) in [6, 6.07) is 5.07. The first kappa shape index (κ1) is 12.5. The Balaban J connectivity index is 2.77. The number of nitrogens with one attached hydrogen (secondary N) is 1. The zero-order valence-corrected chi connectivity index (χ0v) is 10.8. The molecule has 5 heteroatoms. The van der Waals surface area contributed by atoms with E-state index in [9.17, 15) is 4.79 Å². The number of aryl methyl sites for hydroxylation is 1. The second-order valence-electron chi connectivity index (χ2n) is 3.24. The van der Waals surface area contributed by atoms with Crippen LogP contribution >= 0.6 is 28.6 Å². The molecular formula is C10H13BrN2OS. The van der Waals surface area contributed by atoms with Crippen LogP contribution in [0.1, 0.15) is 5.56 Å². The van der Waals surface area contributed by atoms with Crippen LogP contribution in [0.15, 0.2) is 22.7 Å². The van der Waals surface area contributed by atoms with E-state index in [0.29, 0.717) is 5.75 Å². The number of carbonyl (C=O) groups excluding carboxylic acids is 1. The van der Waals surface area contributed by atoms with Gasteiger partial charge in [0.1, 0.15) is 0 Å². The number of benzene rings is 1. The van der Waals surface area contributed by atoms with E-state index in [2.05, 4.69) is 33.9 Å². The van der Waals surface area contributed by atoms with E-state index in [1.165, 1.54) is 0 Å². The van der Waals surface area contributed by atoms with Crippen molar-refractivity contribution in [3.63, 3.8) is 0 Å². The molecule has 3 N–H and O–H groups in total. The molecule has 0 radical (unpaired) electrons. The van der Waals surface area contributed by atoms with Gasteiger partial charge in [-0.25, -0.2) is 0 Å². The van der Waals surface area contributed by atoms with Crippen LogP contribution in [0.3, 0.4) is 0 Å². The van der Waals surface area contributed by atoms with E-state index in [0.717, 1.165) is 15.7 Å². The van der Waals surface area contributed by atoms with Crippen LogP contribution in [-0.2, 0) is 4.79 Å². The molecule has 1 aromatic carbocycles. The van der Waals surface area contributed by atoms with E-state index in [-0.39, 0.29) is 5.91 Å². The molecule has 0 fully saturated rings. The maximum atomic E-state index is 11.5. The third-order valence-electron chi connectivity index (χ3n) is 1.98. The summed E-state index contributed by atoms with van der Waals surface area (Å²) in [4.78, 5) is 11.5. The van der Waals surface area contributed by atoms with Gasteiger partial charge in [0.2, 0.25) is 5.91 Å². The molecule has 15 heavy (non-hydrogen) atoms. The Morgan fingerprint density at radius 1 is 1.67 bits per heavy atom. The van der Waals surface area contributed by atoms with Crippen molar-refractivity contribution in [2.45, 2.75) is 13.0 Å². The van der Waals surface area contributed by atoms with Gasteiger partial charge in [-0.15, -0.1) is 0 Å². The van der Waals surface area contributed by atoms with Gasteiger partial charge >= 0.3 is 0 Å². The van der Waals surface area contributed by atoms with Crippen LogP contribution in [0, 0.1) is 6.92 Å². The number of nitrogens with two attached hydrogens (primary N) is 1. The van der Waals surface area contributed by atoms with Gasteiger partial charge in [0, 0.05) is 15.9 Å². The summed E-state index contributed by atoms with van der Waals surface area (Å²) < 4.78 is 0.983.